The third-order valence-electron chi connectivity index (χ3n) is 5.58. The Balaban J connectivity index is 1.93. The summed E-state index contributed by atoms with van der Waals surface area (Å²) in [6.45, 7) is 2.00. The number of phenolic OH excluding ortho intramolecular Hbond substituents is 2. The van der Waals surface area contributed by atoms with Gasteiger partial charge >= 0.3 is 6.09 Å². The van der Waals surface area contributed by atoms with Crippen LogP contribution in [0.1, 0.15) is 17.0 Å². The number of piperazine rings is 1. The molecule has 4 rings (SSSR count). The van der Waals surface area contributed by atoms with Gasteiger partial charge in [-0.3, -0.25) is 10.7 Å². The fraction of sp³-hybridized carbons (Fsp3) is 0.533. The molecule has 2 saturated heterocycles. The molecular weight excluding hydrogens is 332 g/mol. The molecule has 0 aliphatic carbocycles. The van der Waals surface area contributed by atoms with Crippen LogP contribution < -0.4 is 21.4 Å². The number of nitrogens with two attached hydrogens (primary N) is 1. The number of benzene rings is 1. The van der Waals surface area contributed by atoms with Gasteiger partial charge in [-0.1, -0.05) is 0 Å². The molecule has 0 bridgehead atoms. The van der Waals surface area contributed by atoms with Crippen LogP contribution in [-0.2, 0) is 9.47 Å². The summed E-state index contributed by atoms with van der Waals surface area (Å²) in [5.41, 5.74) is 7.15. The summed E-state index contributed by atoms with van der Waals surface area (Å²) in [6.07, 6.45) is -0.944. The van der Waals surface area contributed by atoms with E-state index < -0.39 is 17.7 Å². The molecular formula is C15H20N4O6. The van der Waals surface area contributed by atoms with Crippen molar-refractivity contribution in [1.82, 2.24) is 5.32 Å². The molecule has 1 aromatic rings. The van der Waals surface area contributed by atoms with Gasteiger partial charge in [0.25, 0.3) is 0 Å². The fourth-order valence-electron chi connectivity index (χ4n) is 4.46. The summed E-state index contributed by atoms with van der Waals surface area (Å²) >= 11 is 0. The first-order valence-electron chi connectivity index (χ1n) is 7.88. The molecule has 0 spiro atoms. The van der Waals surface area contributed by atoms with Crippen molar-refractivity contribution in [2.45, 2.75) is 30.7 Å². The largest absolute Gasteiger partial charge is 0.505 e. The van der Waals surface area contributed by atoms with Gasteiger partial charge < -0.3 is 35.6 Å². The van der Waals surface area contributed by atoms with E-state index in [0.717, 1.165) is 0 Å². The average Bonchev–Trinajstić information content (AvgIpc) is 3.18. The number of carbonyl (C=O) groups excluding carboxylic acids is 1. The van der Waals surface area contributed by atoms with Crippen LogP contribution in [0.3, 0.4) is 0 Å². The number of nitrogens with one attached hydrogen (secondary N) is 2. The Morgan fingerprint density at radius 3 is 2.80 bits per heavy atom. The molecule has 0 aromatic heterocycles. The number of ether oxygens (including phenoxy) is 2. The zero-order valence-corrected chi connectivity index (χ0v) is 13.7. The molecule has 7 N–H and O–H groups in total. The summed E-state index contributed by atoms with van der Waals surface area (Å²) in [7, 11) is 1.53. The van der Waals surface area contributed by atoms with Crippen LogP contribution in [0, 0.1) is 6.92 Å². The summed E-state index contributed by atoms with van der Waals surface area (Å²) in [6, 6.07) is 0.137. The maximum atomic E-state index is 11.1. The Labute approximate surface area is 143 Å². The monoisotopic (exact) mass is 352 g/mol. The summed E-state index contributed by atoms with van der Waals surface area (Å²) < 4.78 is 10.9. The minimum absolute atomic E-state index is 0.00643. The summed E-state index contributed by atoms with van der Waals surface area (Å²) in [4.78, 5) is 13.0. The number of aromatic hydroxyl groups is 2. The molecule has 3 aliphatic heterocycles. The third-order valence-corrected chi connectivity index (χ3v) is 5.58. The van der Waals surface area contributed by atoms with Gasteiger partial charge in [0.15, 0.2) is 5.72 Å². The SMILES string of the molecule is CO[C@@]12[C@H](COC(N)=O)c3c(O)c(NO)c(C)c(O)c3N1C[C@@H]1N[C@@H]12. The van der Waals surface area contributed by atoms with Crippen LogP contribution >= 0.6 is 0 Å². The number of anilines is 2. The minimum atomic E-state index is -0.944. The average molecular weight is 352 g/mol. The van der Waals surface area contributed by atoms with Crippen LogP contribution in [0.2, 0.25) is 0 Å². The van der Waals surface area contributed by atoms with Gasteiger partial charge in [0, 0.05) is 30.8 Å². The highest BCUT2D eigenvalue weighted by atomic mass is 16.6. The fourth-order valence-corrected chi connectivity index (χ4v) is 4.46. The molecule has 4 atom stereocenters. The second-order valence-electron chi connectivity index (χ2n) is 6.57. The first kappa shape index (κ1) is 16.1. The van der Waals surface area contributed by atoms with E-state index in [1.807, 2.05) is 10.4 Å². The lowest BCUT2D eigenvalue weighted by molar-refractivity contribution is -0.0337. The lowest BCUT2D eigenvalue weighted by atomic mass is 9.88. The first-order valence-corrected chi connectivity index (χ1v) is 7.88. The van der Waals surface area contributed by atoms with Gasteiger partial charge in [-0.2, -0.15) is 0 Å². The Kier molecular flexibility index (Phi) is 3.24. The van der Waals surface area contributed by atoms with Crippen molar-refractivity contribution in [2.75, 3.05) is 30.6 Å². The Morgan fingerprint density at radius 2 is 2.20 bits per heavy atom. The second-order valence-corrected chi connectivity index (χ2v) is 6.57. The first-order chi connectivity index (χ1) is 11.9. The number of carbonyl (C=O) groups is 1. The molecule has 10 heteroatoms. The van der Waals surface area contributed by atoms with E-state index >= 15 is 0 Å². The highest BCUT2D eigenvalue weighted by Crippen LogP contribution is 2.63. The standard InChI is InChI=1S/C15H20N4O6/c1-5-9(18-23)12(21)8-6(4-25-14(16)22)15(24-2)13-7(17-13)3-19(15)10(8)11(5)20/h6-7,13,17-18,20-21,23H,3-4H2,1-2H3,(H2,16,22)/t6-,7+,13+,15-/m1/s1. The van der Waals surface area contributed by atoms with Crippen molar-refractivity contribution in [2.24, 2.45) is 5.73 Å². The van der Waals surface area contributed by atoms with E-state index in [4.69, 9.17) is 15.2 Å². The number of nitrogens with zero attached hydrogens (tertiary/aromatic N) is 1. The zero-order chi connectivity index (χ0) is 18.1. The number of methoxy groups -OCH3 is 1. The van der Waals surface area contributed by atoms with Crippen molar-refractivity contribution in [3.05, 3.63) is 11.1 Å². The third kappa shape index (κ3) is 1.81. The van der Waals surface area contributed by atoms with Crippen LogP contribution in [0.5, 0.6) is 11.5 Å². The van der Waals surface area contributed by atoms with E-state index in [2.05, 4.69) is 5.32 Å². The molecule has 10 nitrogen and oxygen atoms in total. The van der Waals surface area contributed by atoms with E-state index in [0.29, 0.717) is 23.4 Å². The molecule has 25 heavy (non-hydrogen) atoms. The van der Waals surface area contributed by atoms with Gasteiger partial charge in [-0.15, -0.1) is 0 Å². The van der Waals surface area contributed by atoms with Crippen molar-refractivity contribution >= 4 is 17.5 Å². The molecule has 1 amide bonds. The number of hydrogen-bond donors (Lipinski definition) is 6. The number of phenols is 2. The number of fused-ring (bicyclic) bond motifs is 5. The second kappa shape index (κ2) is 5.04. The summed E-state index contributed by atoms with van der Waals surface area (Å²) in [5, 5.41) is 34.1. The maximum absolute atomic E-state index is 11.1. The normalized spacial score (nSPS) is 31.3. The van der Waals surface area contributed by atoms with Gasteiger partial charge in [0.1, 0.15) is 23.8 Å². The van der Waals surface area contributed by atoms with Gasteiger partial charge in [-0.25, -0.2) is 4.79 Å². The highest BCUT2D eigenvalue weighted by Gasteiger charge is 2.71. The highest BCUT2D eigenvalue weighted by molar-refractivity contribution is 5.85. The lowest BCUT2D eigenvalue weighted by Crippen LogP contribution is -2.54. The van der Waals surface area contributed by atoms with Crippen molar-refractivity contribution in [3.63, 3.8) is 0 Å². The Bertz CT molecular complexity index is 771. The molecule has 3 aliphatic rings. The number of amides is 1. The Hall–Kier alpha value is -2.43. The van der Waals surface area contributed by atoms with Crippen LogP contribution in [-0.4, -0.2) is 59.6 Å². The minimum Gasteiger partial charge on any atom is -0.505 e. The lowest BCUT2D eigenvalue weighted by Gasteiger charge is -2.38. The Morgan fingerprint density at radius 1 is 1.48 bits per heavy atom. The molecule has 3 heterocycles. The molecule has 2 fully saturated rings. The number of primary amides is 1. The predicted molar refractivity (Wildman–Crippen MR) is 86.0 cm³/mol. The number of rotatable bonds is 4. The van der Waals surface area contributed by atoms with Gasteiger partial charge in [0.05, 0.1) is 17.6 Å². The molecule has 0 radical (unpaired) electrons. The molecule has 136 valence electrons. The molecule has 0 unspecified atom stereocenters. The van der Waals surface area contributed by atoms with Crippen LogP contribution in [0.4, 0.5) is 16.2 Å². The van der Waals surface area contributed by atoms with Crippen molar-refractivity contribution < 1.29 is 29.7 Å². The van der Waals surface area contributed by atoms with Gasteiger partial charge in [0.2, 0.25) is 0 Å². The molecule has 1 aromatic carbocycles. The van der Waals surface area contributed by atoms with E-state index in [1.54, 1.807) is 6.92 Å². The zero-order valence-electron chi connectivity index (χ0n) is 13.7. The number of hydrogen-bond acceptors (Lipinski definition) is 9. The van der Waals surface area contributed by atoms with Crippen LogP contribution in [0.15, 0.2) is 0 Å². The molecule has 0 saturated carbocycles. The van der Waals surface area contributed by atoms with Crippen LogP contribution in [0.25, 0.3) is 0 Å². The van der Waals surface area contributed by atoms with E-state index in [9.17, 15) is 20.2 Å². The topological polar surface area (TPSA) is 159 Å². The predicted octanol–water partition coefficient (Wildman–Crippen LogP) is -0.0971. The van der Waals surface area contributed by atoms with E-state index in [1.165, 1.54) is 7.11 Å². The maximum Gasteiger partial charge on any atom is 0.404 e. The van der Waals surface area contributed by atoms with Gasteiger partial charge in [-0.05, 0) is 6.92 Å². The van der Waals surface area contributed by atoms with Crippen molar-refractivity contribution in [3.8, 4) is 11.5 Å². The smallest absolute Gasteiger partial charge is 0.404 e. The summed E-state index contributed by atoms with van der Waals surface area (Å²) in [5.74, 6) is -0.911. The van der Waals surface area contributed by atoms with E-state index in [-0.39, 0.29) is 35.9 Å². The van der Waals surface area contributed by atoms with Crippen molar-refractivity contribution in [1.29, 1.82) is 0 Å². The quantitative estimate of drug-likeness (QED) is 0.188.